The molecule has 0 amide bonds. The van der Waals surface area contributed by atoms with Gasteiger partial charge in [-0.25, -0.2) is 9.97 Å². The first-order chi connectivity index (χ1) is 13.6. The van der Waals surface area contributed by atoms with Crippen LogP contribution in [0.5, 0.6) is 0 Å². The monoisotopic (exact) mass is 377 g/mol. The number of hydrogen-bond acceptors (Lipinski definition) is 5. The molecule has 4 aromatic heterocycles. The van der Waals surface area contributed by atoms with E-state index in [9.17, 15) is 5.11 Å². The van der Waals surface area contributed by atoms with Crippen LogP contribution in [-0.2, 0) is 7.05 Å². The summed E-state index contributed by atoms with van der Waals surface area (Å²) in [5.74, 6) is 1.40. The average Bonchev–Trinajstić information content (AvgIpc) is 3.07. The predicted octanol–water partition coefficient (Wildman–Crippen LogP) is 2.72. The van der Waals surface area contributed by atoms with Crippen molar-refractivity contribution in [2.24, 2.45) is 13.0 Å². The first-order valence-corrected chi connectivity index (χ1v) is 9.64. The SMILES string of the molecule is C[C@H](O)C[C@H](C1CC1)n1cc(-c2nc(-c3cnn(C)c3)cc3nccn23)cn1. The second-order valence-corrected chi connectivity index (χ2v) is 7.72. The Labute approximate surface area is 162 Å². The molecule has 0 aliphatic heterocycles. The van der Waals surface area contributed by atoms with Crippen molar-refractivity contribution >= 4 is 5.65 Å². The number of aryl methyl sites for hydroxylation is 1. The minimum atomic E-state index is -0.342. The van der Waals surface area contributed by atoms with Crippen LogP contribution in [0.25, 0.3) is 28.3 Å². The highest BCUT2D eigenvalue weighted by atomic mass is 16.3. The number of hydrogen-bond donors (Lipinski definition) is 1. The van der Waals surface area contributed by atoms with Gasteiger partial charge in [-0.15, -0.1) is 0 Å². The van der Waals surface area contributed by atoms with Crippen LogP contribution in [0.1, 0.15) is 32.2 Å². The van der Waals surface area contributed by atoms with E-state index in [1.54, 1.807) is 17.1 Å². The normalized spacial score (nSPS) is 16.5. The van der Waals surface area contributed by atoms with Gasteiger partial charge in [0, 0.05) is 43.5 Å². The van der Waals surface area contributed by atoms with E-state index in [-0.39, 0.29) is 12.1 Å². The Morgan fingerprint density at radius 2 is 2.00 bits per heavy atom. The smallest absolute Gasteiger partial charge is 0.149 e. The summed E-state index contributed by atoms with van der Waals surface area (Å²) in [4.78, 5) is 9.34. The van der Waals surface area contributed by atoms with Crippen LogP contribution in [0, 0.1) is 5.92 Å². The molecule has 4 heterocycles. The lowest BCUT2D eigenvalue weighted by atomic mass is 10.1. The second-order valence-electron chi connectivity index (χ2n) is 7.72. The number of aliphatic hydroxyl groups is 1. The molecule has 144 valence electrons. The van der Waals surface area contributed by atoms with Gasteiger partial charge in [-0.1, -0.05) is 0 Å². The van der Waals surface area contributed by atoms with Crippen molar-refractivity contribution in [1.29, 1.82) is 0 Å². The fourth-order valence-electron chi connectivity index (χ4n) is 3.81. The van der Waals surface area contributed by atoms with Gasteiger partial charge in [0.2, 0.25) is 0 Å². The van der Waals surface area contributed by atoms with Crippen molar-refractivity contribution in [2.75, 3.05) is 0 Å². The summed E-state index contributed by atoms with van der Waals surface area (Å²) < 4.78 is 5.74. The van der Waals surface area contributed by atoms with Crippen molar-refractivity contribution in [2.45, 2.75) is 38.3 Å². The average molecular weight is 377 g/mol. The molecule has 2 atom stereocenters. The van der Waals surface area contributed by atoms with E-state index >= 15 is 0 Å². The first kappa shape index (κ1) is 17.1. The molecule has 0 unspecified atom stereocenters. The number of fused-ring (bicyclic) bond motifs is 1. The Balaban J connectivity index is 1.57. The van der Waals surface area contributed by atoms with Crippen molar-refractivity contribution in [3.8, 4) is 22.6 Å². The van der Waals surface area contributed by atoms with Gasteiger partial charge in [0.15, 0.2) is 0 Å². The minimum absolute atomic E-state index is 0.230. The largest absolute Gasteiger partial charge is 0.393 e. The summed E-state index contributed by atoms with van der Waals surface area (Å²) in [6, 6.07) is 2.19. The van der Waals surface area contributed by atoms with Crippen LogP contribution < -0.4 is 0 Å². The van der Waals surface area contributed by atoms with E-state index in [0.717, 1.165) is 34.7 Å². The van der Waals surface area contributed by atoms with E-state index in [0.29, 0.717) is 5.92 Å². The van der Waals surface area contributed by atoms with E-state index < -0.39 is 0 Å². The van der Waals surface area contributed by atoms with E-state index in [1.165, 1.54) is 12.8 Å². The number of aliphatic hydroxyl groups excluding tert-OH is 1. The van der Waals surface area contributed by atoms with Gasteiger partial charge in [0.05, 0.1) is 35.8 Å². The van der Waals surface area contributed by atoms with Crippen LogP contribution >= 0.6 is 0 Å². The molecule has 28 heavy (non-hydrogen) atoms. The van der Waals surface area contributed by atoms with Crippen molar-refractivity contribution < 1.29 is 5.11 Å². The summed E-state index contributed by atoms with van der Waals surface area (Å²) >= 11 is 0. The summed E-state index contributed by atoms with van der Waals surface area (Å²) in [7, 11) is 1.89. The molecule has 1 saturated carbocycles. The quantitative estimate of drug-likeness (QED) is 0.558. The van der Waals surface area contributed by atoms with Gasteiger partial charge in [-0.2, -0.15) is 10.2 Å². The fourth-order valence-corrected chi connectivity index (χ4v) is 3.81. The van der Waals surface area contributed by atoms with Gasteiger partial charge in [0.1, 0.15) is 11.5 Å². The maximum atomic E-state index is 9.89. The third kappa shape index (κ3) is 3.09. The summed E-state index contributed by atoms with van der Waals surface area (Å²) in [5, 5.41) is 18.8. The molecule has 8 heteroatoms. The molecule has 0 bridgehead atoms. The lowest BCUT2D eigenvalue weighted by molar-refractivity contribution is 0.151. The number of imidazole rings is 1. The molecular formula is C20H23N7O. The maximum absolute atomic E-state index is 9.89. The van der Waals surface area contributed by atoms with Crippen molar-refractivity contribution in [1.82, 2.24) is 33.9 Å². The van der Waals surface area contributed by atoms with E-state index in [2.05, 4.69) is 15.2 Å². The van der Waals surface area contributed by atoms with Gasteiger partial charge in [-0.05, 0) is 32.1 Å². The topological polar surface area (TPSA) is 86.1 Å². The highest BCUT2D eigenvalue weighted by Crippen LogP contribution is 2.42. The summed E-state index contributed by atoms with van der Waals surface area (Å²) in [5.41, 5.74) is 3.55. The third-order valence-corrected chi connectivity index (χ3v) is 5.34. The molecular weight excluding hydrogens is 354 g/mol. The molecule has 1 fully saturated rings. The molecule has 0 spiro atoms. The molecule has 0 aromatic carbocycles. The fraction of sp³-hybridized carbons (Fsp3) is 0.400. The Kier molecular flexibility index (Phi) is 4.01. The van der Waals surface area contributed by atoms with E-state index in [1.807, 2.05) is 53.9 Å². The van der Waals surface area contributed by atoms with Crippen molar-refractivity contribution in [3.63, 3.8) is 0 Å². The van der Waals surface area contributed by atoms with Gasteiger partial charge < -0.3 is 5.11 Å². The first-order valence-electron chi connectivity index (χ1n) is 9.64. The molecule has 1 aliphatic rings. The zero-order valence-electron chi connectivity index (χ0n) is 16.0. The van der Waals surface area contributed by atoms with Crippen LogP contribution in [0.4, 0.5) is 0 Å². The molecule has 1 aliphatic carbocycles. The Morgan fingerprint density at radius 3 is 2.71 bits per heavy atom. The second kappa shape index (κ2) is 6.56. The highest BCUT2D eigenvalue weighted by Gasteiger charge is 2.34. The lowest BCUT2D eigenvalue weighted by Crippen LogP contribution is -2.17. The standard InChI is InChI=1S/C20H23N7O/c1-13(28)7-18(14-3-4-14)27-12-16(10-23-27)20-24-17(15-9-22-25(2)11-15)8-19-21-5-6-26(19)20/h5-6,8-14,18,28H,3-4,7H2,1-2H3/t13-,18+/m0/s1. The van der Waals surface area contributed by atoms with Crippen LogP contribution in [0.2, 0.25) is 0 Å². The Morgan fingerprint density at radius 1 is 1.18 bits per heavy atom. The molecule has 0 saturated heterocycles. The van der Waals surface area contributed by atoms with Crippen LogP contribution in [-0.4, -0.2) is 45.1 Å². The molecule has 0 radical (unpaired) electrons. The lowest BCUT2D eigenvalue weighted by Gasteiger charge is -2.18. The molecule has 4 aromatic rings. The van der Waals surface area contributed by atoms with Crippen LogP contribution in [0.3, 0.4) is 0 Å². The zero-order chi connectivity index (χ0) is 19.3. The highest BCUT2D eigenvalue weighted by molar-refractivity contribution is 5.68. The number of nitrogens with zero attached hydrogens (tertiary/aromatic N) is 7. The number of aromatic nitrogens is 7. The summed E-state index contributed by atoms with van der Waals surface area (Å²) in [6.45, 7) is 1.84. The maximum Gasteiger partial charge on any atom is 0.149 e. The van der Waals surface area contributed by atoms with Gasteiger partial charge in [-0.3, -0.25) is 13.8 Å². The molecule has 5 rings (SSSR count). The Bertz CT molecular complexity index is 1120. The van der Waals surface area contributed by atoms with Crippen LogP contribution in [0.15, 0.2) is 43.2 Å². The van der Waals surface area contributed by atoms with Crippen molar-refractivity contribution in [3.05, 3.63) is 43.2 Å². The predicted molar refractivity (Wildman–Crippen MR) is 104 cm³/mol. The molecule has 1 N–H and O–H groups in total. The van der Waals surface area contributed by atoms with Gasteiger partial charge >= 0.3 is 0 Å². The number of rotatable bonds is 6. The minimum Gasteiger partial charge on any atom is -0.393 e. The third-order valence-electron chi connectivity index (χ3n) is 5.34. The summed E-state index contributed by atoms with van der Waals surface area (Å²) in [6.07, 6.45) is 14.1. The van der Waals surface area contributed by atoms with E-state index in [4.69, 9.17) is 4.98 Å². The zero-order valence-corrected chi connectivity index (χ0v) is 16.0. The van der Waals surface area contributed by atoms with Gasteiger partial charge in [0.25, 0.3) is 0 Å². The Hall–Kier alpha value is -3.00. The molecule has 8 nitrogen and oxygen atoms in total.